The third-order valence-corrected chi connectivity index (χ3v) is 4.27. The van der Waals surface area contributed by atoms with Crippen molar-refractivity contribution >= 4 is 17.3 Å². The first-order valence-corrected chi connectivity index (χ1v) is 8.21. The van der Waals surface area contributed by atoms with Crippen molar-refractivity contribution in [3.8, 4) is 0 Å². The van der Waals surface area contributed by atoms with Gasteiger partial charge in [0.15, 0.2) is 11.2 Å². The number of hydrogen-bond donors (Lipinski definition) is 1. The highest BCUT2D eigenvalue weighted by molar-refractivity contribution is 6.31. The van der Waals surface area contributed by atoms with Crippen molar-refractivity contribution in [2.24, 2.45) is 0 Å². The fourth-order valence-electron chi connectivity index (χ4n) is 2.96. The summed E-state index contributed by atoms with van der Waals surface area (Å²) in [5, 5.41) is 10.0. The number of carbonyl (C=O) groups excluding carboxylic acids is 1. The molecular weight excluding hydrogens is 314 g/mol. The molecule has 25 heavy (non-hydrogen) atoms. The normalized spacial score (nSPS) is 13.8. The minimum Gasteiger partial charge on any atom is -0.480 e. The van der Waals surface area contributed by atoms with E-state index >= 15 is 0 Å². The maximum atomic E-state index is 13.5. The Balaban J connectivity index is 2.67. The summed E-state index contributed by atoms with van der Waals surface area (Å²) in [4.78, 5) is 27.5. The molecule has 2 rings (SSSR count). The van der Waals surface area contributed by atoms with Crippen LogP contribution in [-0.2, 0) is 15.0 Å². The van der Waals surface area contributed by atoms with E-state index in [1.54, 1.807) is 42.3 Å². The van der Waals surface area contributed by atoms with Crippen molar-refractivity contribution in [1.82, 2.24) is 4.90 Å². The van der Waals surface area contributed by atoms with Gasteiger partial charge in [0, 0.05) is 25.9 Å². The van der Waals surface area contributed by atoms with Crippen molar-refractivity contribution in [3.63, 3.8) is 0 Å². The molecule has 130 valence electrons. The highest BCUT2D eigenvalue weighted by Gasteiger charge is 2.47. The minimum absolute atomic E-state index is 0.169. The standard InChI is InChI=1S/C21H23NO3/c1-4-21(20(24)25,17-13-9-6-10-14-17)19(23)18(15-22(2)3)16-11-7-5-8-12-16/h5-15H,4H2,1-3H3,(H,24,25). The van der Waals surface area contributed by atoms with E-state index < -0.39 is 17.2 Å². The Hall–Kier alpha value is -2.88. The zero-order chi connectivity index (χ0) is 18.4. The smallest absolute Gasteiger partial charge is 0.322 e. The number of benzene rings is 2. The van der Waals surface area contributed by atoms with E-state index in [0.717, 1.165) is 0 Å². The summed E-state index contributed by atoms with van der Waals surface area (Å²) in [6.07, 6.45) is 1.86. The van der Waals surface area contributed by atoms with E-state index in [-0.39, 0.29) is 6.42 Å². The maximum Gasteiger partial charge on any atom is 0.322 e. The lowest BCUT2D eigenvalue weighted by Crippen LogP contribution is -2.44. The molecule has 0 spiro atoms. The Morgan fingerprint density at radius 2 is 1.52 bits per heavy atom. The highest BCUT2D eigenvalue weighted by Crippen LogP contribution is 2.35. The van der Waals surface area contributed by atoms with Gasteiger partial charge in [-0.25, -0.2) is 0 Å². The lowest BCUT2D eigenvalue weighted by atomic mass is 9.71. The molecule has 0 bridgehead atoms. The molecule has 0 saturated carbocycles. The van der Waals surface area contributed by atoms with E-state index in [1.165, 1.54) is 0 Å². The molecule has 0 radical (unpaired) electrons. The van der Waals surface area contributed by atoms with Crippen molar-refractivity contribution < 1.29 is 14.7 Å². The number of carboxylic acid groups (broad SMARTS) is 1. The second kappa shape index (κ2) is 7.79. The van der Waals surface area contributed by atoms with Gasteiger partial charge in [0.1, 0.15) is 0 Å². The summed E-state index contributed by atoms with van der Waals surface area (Å²) in [7, 11) is 3.63. The lowest BCUT2D eigenvalue weighted by Gasteiger charge is -2.29. The van der Waals surface area contributed by atoms with Crippen LogP contribution >= 0.6 is 0 Å². The van der Waals surface area contributed by atoms with Crippen molar-refractivity contribution in [2.75, 3.05) is 14.1 Å². The summed E-state index contributed by atoms with van der Waals surface area (Å²) in [6, 6.07) is 17.9. The first kappa shape index (κ1) is 18.5. The highest BCUT2D eigenvalue weighted by atomic mass is 16.4. The van der Waals surface area contributed by atoms with Gasteiger partial charge in [-0.2, -0.15) is 0 Å². The first-order valence-electron chi connectivity index (χ1n) is 8.21. The summed E-state index contributed by atoms with van der Waals surface area (Å²) < 4.78 is 0. The number of carbonyl (C=O) groups is 2. The van der Waals surface area contributed by atoms with Gasteiger partial charge in [0.25, 0.3) is 0 Å². The van der Waals surface area contributed by atoms with Crippen LogP contribution in [0.1, 0.15) is 24.5 Å². The molecule has 1 unspecified atom stereocenters. The summed E-state index contributed by atoms with van der Waals surface area (Å²) in [5.74, 6) is -1.54. The Morgan fingerprint density at radius 1 is 1.00 bits per heavy atom. The molecule has 0 heterocycles. The van der Waals surface area contributed by atoms with Crippen LogP contribution in [0.3, 0.4) is 0 Å². The summed E-state index contributed by atoms with van der Waals surface area (Å²) in [6.45, 7) is 1.73. The molecule has 4 nitrogen and oxygen atoms in total. The van der Waals surface area contributed by atoms with Crippen LogP contribution in [0.25, 0.3) is 5.57 Å². The number of rotatable bonds is 7. The molecule has 0 saturated heterocycles. The molecule has 0 fully saturated rings. The van der Waals surface area contributed by atoms with Crippen LogP contribution in [0.4, 0.5) is 0 Å². The number of nitrogens with zero attached hydrogens (tertiary/aromatic N) is 1. The molecule has 0 aliphatic heterocycles. The monoisotopic (exact) mass is 337 g/mol. The zero-order valence-electron chi connectivity index (χ0n) is 14.8. The van der Waals surface area contributed by atoms with E-state index in [4.69, 9.17) is 0 Å². The number of ketones is 1. The number of allylic oxidation sites excluding steroid dienone is 1. The second-order valence-electron chi connectivity index (χ2n) is 6.13. The molecular formula is C21H23NO3. The van der Waals surface area contributed by atoms with Gasteiger partial charge in [-0.3, -0.25) is 9.59 Å². The molecule has 2 aromatic carbocycles. The Labute approximate surface area is 148 Å². The molecule has 0 amide bonds. The van der Waals surface area contributed by atoms with Gasteiger partial charge in [-0.1, -0.05) is 67.6 Å². The van der Waals surface area contributed by atoms with Crippen LogP contribution in [0, 0.1) is 0 Å². The molecule has 0 aliphatic rings. The topological polar surface area (TPSA) is 57.6 Å². The Morgan fingerprint density at radius 3 is 1.96 bits per heavy atom. The van der Waals surface area contributed by atoms with Gasteiger partial charge < -0.3 is 10.0 Å². The molecule has 1 atom stereocenters. The number of Topliss-reactive ketones (excluding diaryl/α,β-unsaturated/α-hetero) is 1. The Bertz CT molecular complexity index is 766. The summed E-state index contributed by atoms with van der Waals surface area (Å²) in [5.41, 5.74) is -0.0237. The first-order chi connectivity index (χ1) is 11.9. The van der Waals surface area contributed by atoms with Gasteiger partial charge in [-0.05, 0) is 17.5 Å². The van der Waals surface area contributed by atoms with Crippen LogP contribution in [0.5, 0.6) is 0 Å². The predicted molar refractivity (Wildman–Crippen MR) is 99.2 cm³/mol. The maximum absolute atomic E-state index is 13.5. The van der Waals surface area contributed by atoms with E-state index in [1.807, 2.05) is 50.5 Å². The van der Waals surface area contributed by atoms with Gasteiger partial charge >= 0.3 is 5.97 Å². The quantitative estimate of drug-likeness (QED) is 0.620. The molecule has 0 aliphatic carbocycles. The Kier molecular flexibility index (Phi) is 5.75. The van der Waals surface area contributed by atoms with E-state index in [2.05, 4.69) is 0 Å². The number of carboxylic acids is 1. The van der Waals surface area contributed by atoms with E-state index in [0.29, 0.717) is 16.7 Å². The van der Waals surface area contributed by atoms with Gasteiger partial charge in [-0.15, -0.1) is 0 Å². The minimum atomic E-state index is -1.61. The van der Waals surface area contributed by atoms with Crippen LogP contribution in [0.15, 0.2) is 66.9 Å². The van der Waals surface area contributed by atoms with Crippen molar-refractivity contribution in [3.05, 3.63) is 78.0 Å². The molecule has 2 aromatic rings. The number of aliphatic carboxylic acids is 1. The second-order valence-corrected chi connectivity index (χ2v) is 6.13. The molecule has 4 heteroatoms. The SMILES string of the molecule is CCC(C(=O)O)(C(=O)C(=CN(C)C)c1ccccc1)c1ccccc1. The lowest BCUT2D eigenvalue weighted by molar-refractivity contribution is -0.147. The van der Waals surface area contributed by atoms with Crippen molar-refractivity contribution in [2.45, 2.75) is 18.8 Å². The van der Waals surface area contributed by atoms with Gasteiger partial charge in [0.05, 0.1) is 0 Å². The van der Waals surface area contributed by atoms with E-state index in [9.17, 15) is 14.7 Å². The fraction of sp³-hybridized carbons (Fsp3) is 0.238. The fourth-order valence-corrected chi connectivity index (χ4v) is 2.96. The van der Waals surface area contributed by atoms with Crippen LogP contribution < -0.4 is 0 Å². The average Bonchev–Trinajstić information content (AvgIpc) is 2.62. The molecule has 0 aromatic heterocycles. The average molecular weight is 337 g/mol. The molecule has 1 N–H and O–H groups in total. The zero-order valence-corrected chi connectivity index (χ0v) is 14.8. The largest absolute Gasteiger partial charge is 0.480 e. The van der Waals surface area contributed by atoms with Gasteiger partial charge in [0.2, 0.25) is 0 Å². The van der Waals surface area contributed by atoms with Crippen LogP contribution in [0.2, 0.25) is 0 Å². The predicted octanol–water partition coefficient (Wildman–Crippen LogP) is 3.59. The summed E-state index contributed by atoms with van der Waals surface area (Å²) >= 11 is 0. The van der Waals surface area contributed by atoms with Crippen molar-refractivity contribution in [1.29, 1.82) is 0 Å². The third kappa shape index (κ3) is 3.63. The number of hydrogen-bond acceptors (Lipinski definition) is 3. The third-order valence-electron chi connectivity index (χ3n) is 4.27. The van der Waals surface area contributed by atoms with Crippen LogP contribution in [-0.4, -0.2) is 35.9 Å².